The second-order valence-electron chi connectivity index (χ2n) is 5.86. The normalized spacial score (nSPS) is 12.5. The maximum absolute atomic E-state index is 12.4. The van der Waals surface area contributed by atoms with E-state index in [0.717, 1.165) is 18.1 Å². The van der Waals surface area contributed by atoms with Gasteiger partial charge in [0.2, 0.25) is 0 Å². The number of esters is 2. The van der Waals surface area contributed by atoms with E-state index in [1.165, 1.54) is 0 Å². The molecule has 1 atom stereocenters. The van der Waals surface area contributed by atoms with E-state index < -0.39 is 36.7 Å². The molecule has 0 radical (unpaired) electrons. The van der Waals surface area contributed by atoms with Crippen molar-refractivity contribution in [3.63, 3.8) is 0 Å². The molecule has 0 bridgehead atoms. The molecule has 0 N–H and O–H groups in total. The minimum Gasteiger partial charge on any atom is -0.453 e. The molecule has 4 nitrogen and oxygen atoms in total. The van der Waals surface area contributed by atoms with E-state index in [9.17, 15) is 22.8 Å². The lowest BCUT2D eigenvalue weighted by Gasteiger charge is -2.19. The van der Waals surface area contributed by atoms with Crippen molar-refractivity contribution >= 4 is 11.9 Å². The van der Waals surface area contributed by atoms with Crippen LogP contribution in [0, 0.1) is 0 Å². The lowest BCUT2D eigenvalue weighted by atomic mass is 10.0. The van der Waals surface area contributed by atoms with Crippen LogP contribution in [0.5, 0.6) is 0 Å². The summed E-state index contributed by atoms with van der Waals surface area (Å²) in [7, 11) is 0. The Balaban J connectivity index is 1.98. The lowest BCUT2D eigenvalue weighted by Crippen LogP contribution is -2.31. The van der Waals surface area contributed by atoms with Gasteiger partial charge < -0.3 is 9.47 Å². The molecule has 0 heterocycles. The third kappa shape index (κ3) is 6.44. The fourth-order valence-corrected chi connectivity index (χ4v) is 2.30. The summed E-state index contributed by atoms with van der Waals surface area (Å²) in [6.45, 7) is 0.733. The number of rotatable bonds is 7. The Labute approximate surface area is 154 Å². The van der Waals surface area contributed by atoms with Crippen molar-refractivity contribution in [2.45, 2.75) is 38.1 Å². The Bertz CT molecular complexity index is 705. The summed E-state index contributed by atoms with van der Waals surface area (Å²) in [5.74, 6) is -1.81. The number of hydrogen-bond acceptors (Lipinski definition) is 4. The van der Waals surface area contributed by atoms with Gasteiger partial charge in [-0.15, -0.1) is 0 Å². The van der Waals surface area contributed by atoms with Crippen molar-refractivity contribution in [2.75, 3.05) is 0 Å². The van der Waals surface area contributed by atoms with Crippen LogP contribution in [0.1, 0.15) is 37.0 Å². The minimum atomic E-state index is -4.64. The molecule has 7 heteroatoms. The average Bonchev–Trinajstić information content (AvgIpc) is 2.65. The van der Waals surface area contributed by atoms with Crippen LogP contribution in [0.3, 0.4) is 0 Å². The van der Waals surface area contributed by atoms with Gasteiger partial charge in [-0.1, -0.05) is 60.7 Å². The summed E-state index contributed by atoms with van der Waals surface area (Å²) in [6.07, 6.45) is -8.40. The van der Waals surface area contributed by atoms with Crippen LogP contribution in [-0.2, 0) is 19.1 Å². The van der Waals surface area contributed by atoms with Crippen molar-refractivity contribution in [2.24, 2.45) is 0 Å². The van der Waals surface area contributed by atoms with Gasteiger partial charge in [-0.2, -0.15) is 13.2 Å². The van der Waals surface area contributed by atoms with E-state index in [1.807, 2.05) is 12.1 Å². The first-order chi connectivity index (χ1) is 12.8. The molecule has 2 rings (SSSR count). The number of carbonyl (C=O) groups excluding carboxylic acids is 2. The highest BCUT2D eigenvalue weighted by atomic mass is 19.4. The molecule has 0 saturated heterocycles. The van der Waals surface area contributed by atoms with Gasteiger partial charge in [0.15, 0.2) is 12.2 Å². The van der Waals surface area contributed by atoms with E-state index in [0.29, 0.717) is 0 Å². The predicted octanol–water partition coefficient (Wildman–Crippen LogP) is 4.59. The molecule has 0 aromatic heterocycles. The molecule has 0 saturated carbocycles. The van der Waals surface area contributed by atoms with Gasteiger partial charge in [0.25, 0.3) is 0 Å². The maximum atomic E-state index is 12.4. The molecule has 0 spiro atoms. The minimum absolute atomic E-state index is 0.375. The van der Waals surface area contributed by atoms with Crippen molar-refractivity contribution in [3.05, 3.63) is 71.8 Å². The monoisotopic (exact) mass is 380 g/mol. The number of hydrogen-bond donors (Lipinski definition) is 0. The van der Waals surface area contributed by atoms with Crippen LogP contribution >= 0.6 is 0 Å². The second kappa shape index (κ2) is 9.21. The zero-order valence-electron chi connectivity index (χ0n) is 14.6. The third-order valence-corrected chi connectivity index (χ3v) is 3.76. The Morgan fingerprint density at radius 2 is 1.22 bits per heavy atom. The zero-order valence-corrected chi connectivity index (χ0v) is 14.6. The van der Waals surface area contributed by atoms with Gasteiger partial charge in [-0.3, -0.25) is 9.59 Å². The van der Waals surface area contributed by atoms with Gasteiger partial charge in [0, 0.05) is 0 Å². The van der Waals surface area contributed by atoms with Gasteiger partial charge >= 0.3 is 18.1 Å². The predicted molar refractivity (Wildman–Crippen MR) is 91.7 cm³/mol. The molecule has 0 aliphatic carbocycles. The van der Waals surface area contributed by atoms with Crippen LogP contribution in [0.4, 0.5) is 13.2 Å². The third-order valence-electron chi connectivity index (χ3n) is 3.76. The van der Waals surface area contributed by atoms with E-state index >= 15 is 0 Å². The van der Waals surface area contributed by atoms with Gasteiger partial charge in [-0.25, -0.2) is 0 Å². The van der Waals surface area contributed by atoms with Crippen LogP contribution in [-0.4, -0.2) is 24.2 Å². The topological polar surface area (TPSA) is 52.6 Å². The quantitative estimate of drug-likeness (QED) is 0.659. The van der Waals surface area contributed by atoms with Gasteiger partial charge in [0.1, 0.15) is 0 Å². The highest BCUT2D eigenvalue weighted by molar-refractivity contribution is 5.78. The first kappa shape index (κ1) is 20.5. The number of halogens is 3. The Hall–Kier alpha value is -2.83. The first-order valence-corrected chi connectivity index (χ1v) is 8.33. The average molecular weight is 380 g/mol. The Morgan fingerprint density at radius 3 is 1.63 bits per heavy atom. The molecule has 0 amide bonds. The molecule has 2 aromatic carbocycles. The van der Waals surface area contributed by atoms with Crippen LogP contribution in [0.25, 0.3) is 0 Å². The molecular weight excluding hydrogens is 361 g/mol. The van der Waals surface area contributed by atoms with Crippen LogP contribution < -0.4 is 0 Å². The van der Waals surface area contributed by atoms with Crippen molar-refractivity contribution in [3.8, 4) is 0 Å². The number of benzene rings is 2. The van der Waals surface area contributed by atoms with Crippen molar-refractivity contribution < 1.29 is 32.2 Å². The van der Waals surface area contributed by atoms with Crippen molar-refractivity contribution in [1.82, 2.24) is 0 Å². The highest BCUT2D eigenvalue weighted by Crippen LogP contribution is 2.27. The molecular formula is C20H19F3O4. The highest BCUT2D eigenvalue weighted by Gasteiger charge is 2.39. The number of carbonyl (C=O) groups is 2. The Morgan fingerprint density at radius 1 is 0.815 bits per heavy atom. The number of ether oxygens (including phenoxy) is 2. The molecule has 144 valence electrons. The summed E-state index contributed by atoms with van der Waals surface area (Å²) in [5, 5.41) is 0. The van der Waals surface area contributed by atoms with E-state index in [4.69, 9.17) is 4.74 Å². The lowest BCUT2D eigenvalue weighted by molar-refractivity contribution is -0.216. The van der Waals surface area contributed by atoms with E-state index in [-0.39, 0.29) is 6.42 Å². The standard InChI is InChI=1S/C20H19F3O4/c1-14(20(21,22)23)26-17(24)12-13-18(25)27-19(15-8-4-2-5-9-15)16-10-6-3-7-11-16/h2-11,14,19H,12-13H2,1H3. The van der Waals surface area contributed by atoms with Crippen molar-refractivity contribution in [1.29, 1.82) is 0 Å². The summed E-state index contributed by atoms with van der Waals surface area (Å²) in [5.41, 5.74) is 1.48. The zero-order chi connectivity index (χ0) is 19.9. The smallest absolute Gasteiger partial charge is 0.425 e. The van der Waals surface area contributed by atoms with E-state index in [1.54, 1.807) is 48.5 Å². The molecule has 0 fully saturated rings. The molecule has 27 heavy (non-hydrogen) atoms. The molecule has 0 aliphatic rings. The van der Waals surface area contributed by atoms with Crippen LogP contribution in [0.15, 0.2) is 60.7 Å². The summed E-state index contributed by atoms with van der Waals surface area (Å²) < 4.78 is 46.9. The van der Waals surface area contributed by atoms with Gasteiger partial charge in [-0.05, 0) is 18.1 Å². The SMILES string of the molecule is CC(OC(=O)CCC(=O)OC(c1ccccc1)c1ccccc1)C(F)(F)F. The van der Waals surface area contributed by atoms with Crippen LogP contribution in [0.2, 0.25) is 0 Å². The molecule has 1 unspecified atom stereocenters. The summed E-state index contributed by atoms with van der Waals surface area (Å²) >= 11 is 0. The van der Waals surface area contributed by atoms with Gasteiger partial charge in [0.05, 0.1) is 12.8 Å². The summed E-state index contributed by atoms with van der Waals surface area (Å²) in [4.78, 5) is 23.6. The Kier molecular flexibility index (Phi) is 6.98. The molecule has 2 aromatic rings. The maximum Gasteiger partial charge on any atom is 0.425 e. The molecule has 0 aliphatic heterocycles. The largest absolute Gasteiger partial charge is 0.453 e. The fourth-order valence-electron chi connectivity index (χ4n) is 2.30. The fraction of sp³-hybridized carbons (Fsp3) is 0.300. The second-order valence-corrected chi connectivity index (χ2v) is 5.86. The summed E-state index contributed by atoms with van der Waals surface area (Å²) in [6, 6.07) is 18.0. The van der Waals surface area contributed by atoms with E-state index in [2.05, 4.69) is 4.74 Å². The number of alkyl halides is 3. The first-order valence-electron chi connectivity index (χ1n) is 8.33.